The average molecular weight is 234 g/mol. The molecule has 0 aliphatic carbocycles. The molecule has 0 aliphatic heterocycles. The summed E-state index contributed by atoms with van der Waals surface area (Å²) in [6.45, 7) is 4.17. The van der Waals surface area contributed by atoms with Crippen molar-refractivity contribution in [1.82, 2.24) is 0 Å². The summed E-state index contributed by atoms with van der Waals surface area (Å²) in [7, 11) is 0. The predicted molar refractivity (Wildman–Crippen MR) is 66.7 cm³/mol. The van der Waals surface area contributed by atoms with Crippen LogP contribution in [-0.2, 0) is 16.1 Å². The minimum atomic E-state index is -0.789. The number of carbonyl (C=O) groups is 1. The van der Waals surface area contributed by atoms with Crippen molar-refractivity contribution in [2.24, 2.45) is 0 Å². The van der Waals surface area contributed by atoms with Gasteiger partial charge in [-0.1, -0.05) is 36.4 Å². The predicted octanol–water partition coefficient (Wildman–Crippen LogP) is 3.01. The van der Waals surface area contributed by atoms with Gasteiger partial charge in [0.1, 0.15) is 0 Å². The van der Waals surface area contributed by atoms with Gasteiger partial charge in [-0.15, -0.1) is 6.58 Å². The summed E-state index contributed by atoms with van der Waals surface area (Å²) < 4.78 is 5.68. The SMILES string of the molecule is C=CCC(CCC(=O)O)OCc1ccccc1. The fourth-order valence-electron chi connectivity index (χ4n) is 1.53. The van der Waals surface area contributed by atoms with E-state index in [0.29, 0.717) is 19.4 Å². The average Bonchev–Trinajstić information content (AvgIpc) is 2.34. The van der Waals surface area contributed by atoms with Gasteiger partial charge >= 0.3 is 5.97 Å². The summed E-state index contributed by atoms with van der Waals surface area (Å²) in [5.74, 6) is -0.789. The molecule has 0 heterocycles. The van der Waals surface area contributed by atoms with Gasteiger partial charge in [-0.3, -0.25) is 4.79 Å². The normalized spacial score (nSPS) is 12.0. The molecule has 1 unspecified atom stereocenters. The highest BCUT2D eigenvalue weighted by Gasteiger charge is 2.09. The van der Waals surface area contributed by atoms with Gasteiger partial charge in [0.15, 0.2) is 0 Å². The van der Waals surface area contributed by atoms with E-state index in [1.165, 1.54) is 0 Å². The standard InChI is InChI=1S/C14H18O3/c1-2-6-13(9-10-14(15)16)17-11-12-7-4-3-5-8-12/h2-5,7-8,13H,1,6,9-11H2,(H,15,16). The number of ether oxygens (including phenoxy) is 1. The van der Waals surface area contributed by atoms with Gasteiger partial charge < -0.3 is 9.84 Å². The summed E-state index contributed by atoms with van der Waals surface area (Å²) >= 11 is 0. The van der Waals surface area contributed by atoms with Gasteiger partial charge in [-0.2, -0.15) is 0 Å². The number of benzene rings is 1. The zero-order valence-corrected chi connectivity index (χ0v) is 9.84. The van der Waals surface area contributed by atoms with Crippen LogP contribution in [0.2, 0.25) is 0 Å². The molecular formula is C14H18O3. The lowest BCUT2D eigenvalue weighted by Gasteiger charge is -2.15. The van der Waals surface area contributed by atoms with E-state index in [2.05, 4.69) is 6.58 Å². The van der Waals surface area contributed by atoms with Crippen LogP contribution in [0.1, 0.15) is 24.8 Å². The van der Waals surface area contributed by atoms with Crippen LogP contribution in [0.4, 0.5) is 0 Å². The second-order valence-electron chi connectivity index (χ2n) is 3.88. The lowest BCUT2D eigenvalue weighted by Crippen LogP contribution is -2.14. The molecule has 0 aromatic heterocycles. The minimum absolute atomic E-state index is 0.0659. The van der Waals surface area contributed by atoms with Gasteiger partial charge in [0.05, 0.1) is 12.7 Å². The topological polar surface area (TPSA) is 46.5 Å². The molecule has 1 N–H and O–H groups in total. The van der Waals surface area contributed by atoms with Crippen molar-refractivity contribution in [2.45, 2.75) is 32.0 Å². The van der Waals surface area contributed by atoms with Crippen molar-refractivity contribution in [3.05, 3.63) is 48.6 Å². The van der Waals surface area contributed by atoms with Crippen LogP contribution in [0, 0.1) is 0 Å². The van der Waals surface area contributed by atoms with Gasteiger partial charge in [-0.25, -0.2) is 0 Å². The zero-order valence-electron chi connectivity index (χ0n) is 9.84. The van der Waals surface area contributed by atoms with Crippen molar-refractivity contribution in [3.8, 4) is 0 Å². The minimum Gasteiger partial charge on any atom is -0.481 e. The Morgan fingerprint density at radius 2 is 2.12 bits per heavy atom. The number of carboxylic acid groups (broad SMARTS) is 1. The molecule has 3 nitrogen and oxygen atoms in total. The Bertz CT molecular complexity index is 346. The summed E-state index contributed by atoms with van der Waals surface area (Å²) in [5.41, 5.74) is 1.09. The Morgan fingerprint density at radius 1 is 1.41 bits per heavy atom. The molecule has 1 atom stereocenters. The quantitative estimate of drug-likeness (QED) is 0.703. The highest BCUT2D eigenvalue weighted by molar-refractivity contribution is 5.66. The Hall–Kier alpha value is -1.61. The van der Waals surface area contributed by atoms with E-state index in [0.717, 1.165) is 5.56 Å². The second-order valence-corrected chi connectivity index (χ2v) is 3.88. The molecule has 1 aromatic carbocycles. The summed E-state index contributed by atoms with van der Waals surface area (Å²) in [4.78, 5) is 10.5. The number of hydrogen-bond donors (Lipinski definition) is 1. The van der Waals surface area contributed by atoms with E-state index in [1.54, 1.807) is 6.08 Å². The van der Waals surface area contributed by atoms with E-state index in [9.17, 15) is 4.79 Å². The fraction of sp³-hybridized carbons (Fsp3) is 0.357. The molecule has 0 amide bonds. The maximum absolute atomic E-state index is 10.5. The maximum atomic E-state index is 10.5. The van der Waals surface area contributed by atoms with Crippen molar-refractivity contribution >= 4 is 5.97 Å². The van der Waals surface area contributed by atoms with Crippen molar-refractivity contribution < 1.29 is 14.6 Å². The molecule has 0 saturated carbocycles. The molecule has 0 spiro atoms. The number of hydrogen-bond acceptors (Lipinski definition) is 2. The first-order chi connectivity index (χ1) is 8.22. The highest BCUT2D eigenvalue weighted by atomic mass is 16.5. The first kappa shape index (κ1) is 13.5. The Kier molecular flexibility index (Phi) is 6.04. The molecule has 0 fully saturated rings. The van der Waals surface area contributed by atoms with Crippen LogP contribution in [-0.4, -0.2) is 17.2 Å². The Labute approximate surface area is 102 Å². The number of aliphatic carboxylic acids is 1. The van der Waals surface area contributed by atoms with Crippen LogP contribution in [0.3, 0.4) is 0 Å². The van der Waals surface area contributed by atoms with Gasteiger partial charge in [0, 0.05) is 6.42 Å². The van der Waals surface area contributed by atoms with Crippen molar-refractivity contribution in [2.75, 3.05) is 0 Å². The molecule has 0 bridgehead atoms. The zero-order chi connectivity index (χ0) is 12.5. The number of rotatable bonds is 8. The van der Waals surface area contributed by atoms with Crippen LogP contribution >= 0.6 is 0 Å². The van der Waals surface area contributed by atoms with Gasteiger partial charge in [0.2, 0.25) is 0 Å². The van der Waals surface area contributed by atoms with E-state index >= 15 is 0 Å². The number of carboxylic acids is 1. The molecule has 1 aromatic rings. The van der Waals surface area contributed by atoms with Crippen LogP contribution in [0.15, 0.2) is 43.0 Å². The molecule has 17 heavy (non-hydrogen) atoms. The lowest BCUT2D eigenvalue weighted by atomic mass is 10.1. The van der Waals surface area contributed by atoms with Crippen LogP contribution in [0.5, 0.6) is 0 Å². The molecular weight excluding hydrogens is 216 g/mol. The molecule has 0 radical (unpaired) electrons. The van der Waals surface area contributed by atoms with Gasteiger partial charge in [0.25, 0.3) is 0 Å². The summed E-state index contributed by atoms with van der Waals surface area (Å²) in [6.07, 6.45) is 3.03. The third kappa shape index (κ3) is 5.88. The van der Waals surface area contributed by atoms with E-state index < -0.39 is 5.97 Å². The van der Waals surface area contributed by atoms with E-state index in [1.807, 2.05) is 30.3 Å². The monoisotopic (exact) mass is 234 g/mol. The summed E-state index contributed by atoms with van der Waals surface area (Å²) in [6, 6.07) is 9.84. The Balaban J connectivity index is 2.38. The van der Waals surface area contributed by atoms with Crippen molar-refractivity contribution in [1.29, 1.82) is 0 Å². The van der Waals surface area contributed by atoms with Crippen LogP contribution in [0.25, 0.3) is 0 Å². The maximum Gasteiger partial charge on any atom is 0.303 e. The Morgan fingerprint density at radius 3 is 2.71 bits per heavy atom. The molecule has 0 aliphatic rings. The smallest absolute Gasteiger partial charge is 0.303 e. The van der Waals surface area contributed by atoms with E-state index in [4.69, 9.17) is 9.84 Å². The van der Waals surface area contributed by atoms with E-state index in [-0.39, 0.29) is 12.5 Å². The molecule has 1 rings (SSSR count). The third-order valence-electron chi connectivity index (χ3n) is 2.44. The first-order valence-corrected chi connectivity index (χ1v) is 5.70. The fourth-order valence-corrected chi connectivity index (χ4v) is 1.53. The third-order valence-corrected chi connectivity index (χ3v) is 2.44. The molecule has 92 valence electrons. The second kappa shape index (κ2) is 7.63. The first-order valence-electron chi connectivity index (χ1n) is 5.70. The highest BCUT2D eigenvalue weighted by Crippen LogP contribution is 2.11. The molecule has 0 saturated heterocycles. The van der Waals surface area contributed by atoms with Gasteiger partial charge in [-0.05, 0) is 18.4 Å². The van der Waals surface area contributed by atoms with Crippen molar-refractivity contribution in [3.63, 3.8) is 0 Å². The molecule has 3 heteroatoms. The van der Waals surface area contributed by atoms with Crippen LogP contribution < -0.4 is 0 Å². The largest absolute Gasteiger partial charge is 0.481 e. The lowest BCUT2D eigenvalue weighted by molar-refractivity contribution is -0.137. The summed E-state index contributed by atoms with van der Waals surface area (Å²) in [5, 5.41) is 8.63.